The molecule has 0 atom stereocenters. The predicted molar refractivity (Wildman–Crippen MR) is 141 cm³/mol. The quantitative estimate of drug-likeness (QED) is 0.164. The number of ether oxygens (including phenoxy) is 2. The van der Waals surface area contributed by atoms with E-state index in [2.05, 4.69) is 5.48 Å². The predicted octanol–water partition coefficient (Wildman–Crippen LogP) is 3.89. The van der Waals surface area contributed by atoms with Gasteiger partial charge in [-0.05, 0) is 50.7 Å². The van der Waals surface area contributed by atoms with E-state index in [4.69, 9.17) is 25.9 Å². The van der Waals surface area contributed by atoms with Crippen LogP contribution in [0, 0.1) is 0 Å². The molecule has 1 aromatic rings. The SMILES string of the molecule is O=C1OCCC=CCC/C=C/C(NOCC(=O)N2CCCCC2)=C/c2c(Cl)c(OCP(=O)(O)O)cc(O)c21. The van der Waals surface area contributed by atoms with Crippen LogP contribution in [-0.2, 0) is 18.9 Å². The molecule has 0 radical (unpaired) electrons. The van der Waals surface area contributed by atoms with Crippen LogP contribution in [0.5, 0.6) is 11.5 Å². The number of nitrogens with one attached hydrogen (secondary N) is 1. The molecule has 1 amide bonds. The largest absolute Gasteiger partial charge is 0.507 e. The number of nitrogens with zero attached hydrogens (tertiary/aromatic N) is 1. The number of allylic oxidation sites excluding steroid dienone is 3. The van der Waals surface area contributed by atoms with Crippen LogP contribution in [0.1, 0.15) is 54.4 Å². The van der Waals surface area contributed by atoms with Crippen LogP contribution in [0.3, 0.4) is 0 Å². The minimum absolute atomic E-state index is 0.0249. The first kappa shape index (κ1) is 29.7. The molecule has 1 fully saturated rings. The maximum atomic E-state index is 12.9. The van der Waals surface area contributed by atoms with Crippen molar-refractivity contribution in [2.75, 3.05) is 32.7 Å². The number of esters is 1. The molecule has 0 aliphatic carbocycles. The third kappa shape index (κ3) is 9.18. The molecule has 0 bridgehead atoms. The Morgan fingerprint density at radius 2 is 1.84 bits per heavy atom. The number of fused-ring (bicyclic) bond motifs is 1. The molecule has 0 saturated carbocycles. The van der Waals surface area contributed by atoms with E-state index in [1.807, 2.05) is 18.2 Å². The number of halogens is 1. The number of carbonyl (C=O) groups excluding carboxylic acids is 2. The Labute approximate surface area is 225 Å². The summed E-state index contributed by atoms with van der Waals surface area (Å²) in [7, 11) is -4.56. The zero-order chi connectivity index (χ0) is 27.5. The highest BCUT2D eigenvalue weighted by atomic mass is 35.5. The fraction of sp³-hybridized carbons (Fsp3) is 0.440. The molecule has 3 rings (SSSR count). The van der Waals surface area contributed by atoms with Crippen molar-refractivity contribution in [3.8, 4) is 11.5 Å². The van der Waals surface area contributed by atoms with E-state index in [1.54, 1.807) is 11.0 Å². The monoisotopic (exact) mass is 570 g/mol. The normalized spacial score (nSPS) is 19.4. The first-order chi connectivity index (χ1) is 18.2. The van der Waals surface area contributed by atoms with Gasteiger partial charge in [-0.15, -0.1) is 0 Å². The Morgan fingerprint density at radius 3 is 2.58 bits per heavy atom. The number of likely N-dealkylation sites (tertiary alicyclic amines) is 1. The first-order valence-corrected chi connectivity index (χ1v) is 14.4. The van der Waals surface area contributed by atoms with Crippen molar-refractivity contribution in [2.45, 2.75) is 38.5 Å². The van der Waals surface area contributed by atoms with Gasteiger partial charge < -0.3 is 29.3 Å². The summed E-state index contributed by atoms with van der Waals surface area (Å²) in [4.78, 5) is 50.9. The van der Waals surface area contributed by atoms with Crippen LogP contribution >= 0.6 is 19.2 Å². The Balaban J connectivity index is 1.94. The molecule has 2 aliphatic heterocycles. The van der Waals surface area contributed by atoms with Crippen LogP contribution in [0.2, 0.25) is 5.02 Å². The highest BCUT2D eigenvalue weighted by molar-refractivity contribution is 7.51. The molecule has 208 valence electrons. The lowest BCUT2D eigenvalue weighted by atomic mass is 10.0. The molecule has 1 saturated heterocycles. The lowest BCUT2D eigenvalue weighted by molar-refractivity contribution is -0.139. The zero-order valence-electron chi connectivity index (χ0n) is 20.8. The van der Waals surface area contributed by atoms with Gasteiger partial charge in [-0.2, -0.15) is 0 Å². The number of phenols is 1. The van der Waals surface area contributed by atoms with Crippen molar-refractivity contribution in [2.24, 2.45) is 0 Å². The van der Waals surface area contributed by atoms with Crippen LogP contribution < -0.4 is 10.2 Å². The summed E-state index contributed by atoms with van der Waals surface area (Å²) in [5, 5.41) is 10.5. The number of piperidine rings is 1. The number of benzene rings is 1. The van der Waals surface area contributed by atoms with Gasteiger partial charge in [0.2, 0.25) is 0 Å². The molecular formula is C25H32ClN2O9P. The maximum Gasteiger partial charge on any atom is 0.362 e. The van der Waals surface area contributed by atoms with E-state index in [1.165, 1.54) is 6.08 Å². The number of hydroxylamine groups is 1. The Kier molecular flexibility index (Phi) is 11.2. The standard InChI is InChI=1S/C25H32ClN2O9P/c26-24-19-14-18(27-37-16-22(30)28-11-7-5-8-12-28)10-6-3-1-2-4-9-13-35-25(31)23(19)20(29)15-21(24)36-17-38(32,33)34/h2,4,6,10,14-15,27,29H,1,3,5,7-9,11-13,16-17H2,(H2,32,33,34)/b4-2?,10-6+,18-14-. The minimum Gasteiger partial charge on any atom is -0.507 e. The van der Waals surface area contributed by atoms with E-state index >= 15 is 0 Å². The van der Waals surface area contributed by atoms with E-state index in [0.29, 0.717) is 31.6 Å². The molecule has 0 unspecified atom stereocenters. The van der Waals surface area contributed by atoms with Gasteiger partial charge in [0.1, 0.15) is 17.1 Å². The molecule has 11 nitrogen and oxygen atoms in total. The molecule has 0 aromatic heterocycles. The second-order valence-corrected chi connectivity index (χ2v) is 10.7. The first-order valence-electron chi connectivity index (χ1n) is 12.2. The lowest BCUT2D eigenvalue weighted by Crippen LogP contribution is -2.39. The van der Waals surface area contributed by atoms with Crippen LogP contribution in [-0.4, -0.2) is 64.3 Å². The van der Waals surface area contributed by atoms with Gasteiger partial charge in [0, 0.05) is 24.7 Å². The van der Waals surface area contributed by atoms with Crippen molar-refractivity contribution >= 4 is 37.1 Å². The summed E-state index contributed by atoms with van der Waals surface area (Å²) in [6.07, 6.45) is 12.6. The number of rotatable bonds is 7. The fourth-order valence-corrected chi connectivity index (χ4v) is 4.43. The third-order valence-electron chi connectivity index (χ3n) is 5.71. The Morgan fingerprint density at radius 1 is 1.13 bits per heavy atom. The van der Waals surface area contributed by atoms with Crippen molar-refractivity contribution in [1.29, 1.82) is 0 Å². The molecule has 0 spiro atoms. The van der Waals surface area contributed by atoms with E-state index in [-0.39, 0.29) is 41.0 Å². The molecule has 38 heavy (non-hydrogen) atoms. The summed E-state index contributed by atoms with van der Waals surface area (Å²) in [5.74, 6) is -1.82. The van der Waals surface area contributed by atoms with Gasteiger partial charge >= 0.3 is 13.6 Å². The Hall–Kier alpha value is -2.82. The van der Waals surface area contributed by atoms with E-state index in [9.17, 15) is 29.0 Å². The van der Waals surface area contributed by atoms with Crippen molar-refractivity contribution in [1.82, 2.24) is 10.4 Å². The number of phenolic OH excluding ortho intramolecular Hbond substituents is 1. The number of hydrogen-bond acceptors (Lipinski definition) is 8. The molecule has 2 heterocycles. The second-order valence-electron chi connectivity index (χ2n) is 8.74. The van der Waals surface area contributed by atoms with Gasteiger partial charge in [-0.1, -0.05) is 29.8 Å². The summed E-state index contributed by atoms with van der Waals surface area (Å²) in [6.45, 7) is 1.20. The van der Waals surface area contributed by atoms with Crippen LogP contribution in [0.4, 0.5) is 0 Å². The van der Waals surface area contributed by atoms with Gasteiger partial charge in [-0.25, -0.2) is 4.79 Å². The smallest absolute Gasteiger partial charge is 0.362 e. The van der Waals surface area contributed by atoms with Gasteiger partial charge in [0.15, 0.2) is 13.0 Å². The van der Waals surface area contributed by atoms with Crippen molar-refractivity contribution in [3.63, 3.8) is 0 Å². The number of aromatic hydroxyl groups is 1. The fourth-order valence-electron chi connectivity index (χ4n) is 3.86. The van der Waals surface area contributed by atoms with Crippen LogP contribution in [0.25, 0.3) is 6.08 Å². The molecule has 2 aliphatic rings. The molecule has 4 N–H and O–H groups in total. The van der Waals surface area contributed by atoms with E-state index < -0.39 is 25.7 Å². The van der Waals surface area contributed by atoms with E-state index in [0.717, 1.165) is 31.7 Å². The van der Waals surface area contributed by atoms with Gasteiger partial charge in [-0.3, -0.25) is 19.7 Å². The van der Waals surface area contributed by atoms with Gasteiger partial charge in [0.25, 0.3) is 5.91 Å². The average molecular weight is 571 g/mol. The van der Waals surface area contributed by atoms with Crippen molar-refractivity contribution in [3.05, 3.63) is 52.2 Å². The summed E-state index contributed by atoms with van der Waals surface area (Å²) in [5.41, 5.74) is 2.70. The number of hydrogen-bond donors (Lipinski definition) is 4. The summed E-state index contributed by atoms with van der Waals surface area (Å²) >= 11 is 6.49. The minimum atomic E-state index is -4.56. The number of amides is 1. The molecule has 13 heteroatoms. The number of carbonyl (C=O) groups is 2. The highest BCUT2D eigenvalue weighted by Crippen LogP contribution is 2.41. The lowest BCUT2D eigenvalue weighted by Gasteiger charge is -2.26. The van der Waals surface area contributed by atoms with Gasteiger partial charge in [0.05, 0.1) is 17.3 Å². The number of cyclic esters (lactones) is 1. The third-order valence-corrected chi connectivity index (χ3v) is 6.57. The van der Waals surface area contributed by atoms with Crippen molar-refractivity contribution < 1.29 is 43.4 Å². The van der Waals surface area contributed by atoms with Crippen LogP contribution in [0.15, 0.2) is 36.1 Å². The zero-order valence-corrected chi connectivity index (χ0v) is 22.5. The Bertz CT molecular complexity index is 1140. The molecule has 1 aromatic carbocycles. The highest BCUT2D eigenvalue weighted by Gasteiger charge is 2.25. The second kappa shape index (κ2) is 14.4. The topological polar surface area (TPSA) is 155 Å². The summed E-state index contributed by atoms with van der Waals surface area (Å²) < 4.78 is 21.7. The average Bonchev–Trinajstić information content (AvgIpc) is 2.88. The maximum absolute atomic E-state index is 12.9. The summed E-state index contributed by atoms with van der Waals surface area (Å²) in [6, 6.07) is 0.992. The molecular weight excluding hydrogens is 539 g/mol.